The summed E-state index contributed by atoms with van der Waals surface area (Å²) in [6.07, 6.45) is 2.34. The topological polar surface area (TPSA) is 21.3 Å². The monoisotopic (exact) mass is 157 g/mol. The molecule has 2 nitrogen and oxygen atoms in total. The van der Waals surface area contributed by atoms with Gasteiger partial charge < -0.3 is 10.1 Å². The van der Waals surface area contributed by atoms with E-state index in [9.17, 15) is 0 Å². The molecule has 2 heteroatoms. The number of nitrogens with one attached hydrogen (secondary N) is 1. The van der Waals surface area contributed by atoms with Crippen molar-refractivity contribution in [3.63, 3.8) is 0 Å². The lowest BCUT2D eigenvalue weighted by Crippen LogP contribution is -2.32. The zero-order valence-electron chi connectivity index (χ0n) is 7.60. The van der Waals surface area contributed by atoms with E-state index < -0.39 is 0 Å². The smallest absolute Gasteiger partial charge is 0.0478 e. The summed E-state index contributed by atoms with van der Waals surface area (Å²) >= 11 is 0. The molecule has 66 valence electrons. The molecule has 0 saturated carbocycles. The van der Waals surface area contributed by atoms with Gasteiger partial charge in [0.2, 0.25) is 0 Å². The van der Waals surface area contributed by atoms with Gasteiger partial charge in [-0.2, -0.15) is 0 Å². The Balaban J connectivity index is 2.29. The fourth-order valence-corrected chi connectivity index (χ4v) is 1.33. The van der Waals surface area contributed by atoms with Gasteiger partial charge in [0.15, 0.2) is 0 Å². The summed E-state index contributed by atoms with van der Waals surface area (Å²) in [4.78, 5) is 0. The van der Waals surface area contributed by atoms with Crippen LogP contribution in [0.1, 0.15) is 26.7 Å². The summed E-state index contributed by atoms with van der Waals surface area (Å²) in [5.74, 6) is 0.744. The van der Waals surface area contributed by atoms with Crippen molar-refractivity contribution < 1.29 is 4.74 Å². The van der Waals surface area contributed by atoms with E-state index in [1.54, 1.807) is 0 Å². The predicted molar refractivity (Wildman–Crippen MR) is 46.7 cm³/mol. The standard InChI is InChI=1S/C9H19NO/c1-8-4-7-11-6-3-5-10-9(8)2/h8-10H,3-7H2,1-2H3. The molecule has 1 aliphatic rings. The minimum absolute atomic E-state index is 0.650. The van der Waals surface area contributed by atoms with Crippen LogP contribution in [0.2, 0.25) is 0 Å². The van der Waals surface area contributed by atoms with Crippen LogP contribution in [0.3, 0.4) is 0 Å². The Morgan fingerprint density at radius 2 is 2.09 bits per heavy atom. The zero-order chi connectivity index (χ0) is 8.10. The highest BCUT2D eigenvalue weighted by molar-refractivity contribution is 4.69. The average molecular weight is 157 g/mol. The van der Waals surface area contributed by atoms with Gasteiger partial charge in [0.05, 0.1) is 0 Å². The molecular weight excluding hydrogens is 138 g/mol. The molecule has 0 radical (unpaired) electrons. The Labute approximate surface area is 69.3 Å². The van der Waals surface area contributed by atoms with E-state index in [4.69, 9.17) is 4.74 Å². The van der Waals surface area contributed by atoms with Crippen molar-refractivity contribution in [2.45, 2.75) is 32.7 Å². The summed E-state index contributed by atoms with van der Waals surface area (Å²) in [6, 6.07) is 0.650. The van der Waals surface area contributed by atoms with Gasteiger partial charge in [0.25, 0.3) is 0 Å². The lowest BCUT2D eigenvalue weighted by molar-refractivity contribution is 0.124. The first-order chi connectivity index (χ1) is 5.30. The average Bonchev–Trinajstić information content (AvgIpc) is 2.07. The van der Waals surface area contributed by atoms with Gasteiger partial charge >= 0.3 is 0 Å². The third-order valence-corrected chi connectivity index (χ3v) is 2.50. The van der Waals surface area contributed by atoms with Gasteiger partial charge in [-0.3, -0.25) is 0 Å². The Hall–Kier alpha value is -0.0800. The molecule has 0 amide bonds. The molecule has 0 aromatic carbocycles. The summed E-state index contributed by atoms with van der Waals surface area (Å²) in [6.45, 7) is 7.51. The fourth-order valence-electron chi connectivity index (χ4n) is 1.33. The van der Waals surface area contributed by atoms with Gasteiger partial charge in [-0.15, -0.1) is 0 Å². The molecule has 0 bridgehead atoms. The van der Waals surface area contributed by atoms with Gasteiger partial charge in [0, 0.05) is 19.3 Å². The second kappa shape index (κ2) is 4.73. The van der Waals surface area contributed by atoms with Crippen LogP contribution < -0.4 is 5.32 Å². The van der Waals surface area contributed by atoms with Crippen LogP contribution >= 0.6 is 0 Å². The molecule has 0 aromatic heterocycles. The minimum Gasteiger partial charge on any atom is -0.381 e. The SMILES string of the molecule is CC1CCOCCCNC1C. The molecule has 0 aliphatic carbocycles. The minimum atomic E-state index is 0.650. The fraction of sp³-hybridized carbons (Fsp3) is 1.00. The second-order valence-electron chi connectivity index (χ2n) is 3.47. The molecule has 1 aliphatic heterocycles. The summed E-state index contributed by atoms with van der Waals surface area (Å²) in [5, 5.41) is 3.49. The van der Waals surface area contributed by atoms with E-state index in [-0.39, 0.29) is 0 Å². The van der Waals surface area contributed by atoms with E-state index >= 15 is 0 Å². The molecule has 11 heavy (non-hydrogen) atoms. The second-order valence-corrected chi connectivity index (χ2v) is 3.47. The normalized spacial score (nSPS) is 35.5. The van der Waals surface area contributed by atoms with Crippen molar-refractivity contribution in [3.05, 3.63) is 0 Å². The van der Waals surface area contributed by atoms with Crippen molar-refractivity contribution in [1.82, 2.24) is 5.32 Å². The van der Waals surface area contributed by atoms with Crippen molar-refractivity contribution in [2.24, 2.45) is 5.92 Å². The highest BCUT2D eigenvalue weighted by Gasteiger charge is 2.12. The summed E-state index contributed by atoms with van der Waals surface area (Å²) in [5.41, 5.74) is 0. The van der Waals surface area contributed by atoms with Crippen molar-refractivity contribution in [2.75, 3.05) is 19.8 Å². The molecule has 1 heterocycles. The Bertz CT molecular complexity index is 93.7. The van der Waals surface area contributed by atoms with E-state index in [1.807, 2.05) is 0 Å². The Morgan fingerprint density at radius 3 is 2.91 bits per heavy atom. The van der Waals surface area contributed by atoms with Crippen molar-refractivity contribution >= 4 is 0 Å². The quantitative estimate of drug-likeness (QED) is 0.574. The van der Waals surface area contributed by atoms with Gasteiger partial charge in [-0.05, 0) is 32.2 Å². The van der Waals surface area contributed by atoms with Gasteiger partial charge in [-0.25, -0.2) is 0 Å². The van der Waals surface area contributed by atoms with E-state index in [1.165, 1.54) is 6.42 Å². The molecular formula is C9H19NO. The predicted octanol–water partition coefficient (Wildman–Crippen LogP) is 1.41. The molecule has 2 atom stereocenters. The first-order valence-corrected chi connectivity index (χ1v) is 4.62. The lowest BCUT2D eigenvalue weighted by atomic mass is 10.0. The van der Waals surface area contributed by atoms with Gasteiger partial charge in [0.1, 0.15) is 0 Å². The highest BCUT2D eigenvalue weighted by Crippen LogP contribution is 2.09. The maximum atomic E-state index is 5.43. The molecule has 1 N–H and O–H groups in total. The first-order valence-electron chi connectivity index (χ1n) is 4.62. The molecule has 1 rings (SSSR count). The number of hydrogen-bond donors (Lipinski definition) is 1. The van der Waals surface area contributed by atoms with Crippen LogP contribution in [-0.2, 0) is 4.74 Å². The first kappa shape index (κ1) is 9.01. The highest BCUT2D eigenvalue weighted by atomic mass is 16.5. The number of ether oxygens (including phenoxy) is 1. The van der Waals surface area contributed by atoms with Crippen LogP contribution in [0.15, 0.2) is 0 Å². The summed E-state index contributed by atoms with van der Waals surface area (Å²) in [7, 11) is 0. The maximum absolute atomic E-state index is 5.43. The van der Waals surface area contributed by atoms with Gasteiger partial charge in [-0.1, -0.05) is 6.92 Å². The lowest BCUT2D eigenvalue weighted by Gasteiger charge is -2.19. The van der Waals surface area contributed by atoms with E-state index in [2.05, 4.69) is 19.2 Å². The van der Waals surface area contributed by atoms with Crippen LogP contribution in [0, 0.1) is 5.92 Å². The van der Waals surface area contributed by atoms with Crippen molar-refractivity contribution in [3.8, 4) is 0 Å². The molecule has 0 spiro atoms. The largest absolute Gasteiger partial charge is 0.381 e. The zero-order valence-corrected chi connectivity index (χ0v) is 7.60. The Kier molecular flexibility index (Phi) is 3.87. The van der Waals surface area contributed by atoms with E-state index in [0.29, 0.717) is 6.04 Å². The number of hydrogen-bond acceptors (Lipinski definition) is 2. The third kappa shape index (κ3) is 3.21. The molecule has 2 unspecified atom stereocenters. The molecule has 1 saturated heterocycles. The van der Waals surface area contributed by atoms with Crippen LogP contribution in [0.25, 0.3) is 0 Å². The number of rotatable bonds is 0. The van der Waals surface area contributed by atoms with Crippen LogP contribution in [0.5, 0.6) is 0 Å². The van der Waals surface area contributed by atoms with Crippen LogP contribution in [-0.4, -0.2) is 25.8 Å². The van der Waals surface area contributed by atoms with Crippen LogP contribution in [0.4, 0.5) is 0 Å². The Morgan fingerprint density at radius 1 is 1.27 bits per heavy atom. The third-order valence-electron chi connectivity index (χ3n) is 2.50. The van der Waals surface area contributed by atoms with E-state index in [0.717, 1.165) is 32.1 Å². The molecule has 1 fully saturated rings. The summed E-state index contributed by atoms with van der Waals surface area (Å²) < 4.78 is 5.43. The maximum Gasteiger partial charge on any atom is 0.0478 e. The van der Waals surface area contributed by atoms with Crippen molar-refractivity contribution in [1.29, 1.82) is 0 Å². The molecule has 0 aromatic rings.